The molecule has 0 aliphatic rings. The lowest BCUT2D eigenvalue weighted by Crippen LogP contribution is -2.12. The summed E-state index contributed by atoms with van der Waals surface area (Å²) in [6.07, 6.45) is 2.00. The van der Waals surface area contributed by atoms with E-state index in [9.17, 15) is 8.42 Å². The summed E-state index contributed by atoms with van der Waals surface area (Å²) in [5.74, 6) is 0.665. The first-order valence-corrected chi connectivity index (χ1v) is 8.07. The molecule has 0 unspecified atom stereocenters. The molecule has 0 aliphatic heterocycles. The van der Waals surface area contributed by atoms with E-state index in [4.69, 9.17) is 10.5 Å². The van der Waals surface area contributed by atoms with E-state index in [1.54, 1.807) is 0 Å². The van der Waals surface area contributed by atoms with Crippen molar-refractivity contribution in [1.82, 2.24) is 0 Å². The summed E-state index contributed by atoms with van der Waals surface area (Å²) >= 11 is 3.38. The second-order valence-electron chi connectivity index (χ2n) is 3.78. The van der Waals surface area contributed by atoms with Crippen LogP contribution in [0.15, 0.2) is 22.7 Å². The van der Waals surface area contributed by atoms with Crippen LogP contribution in [-0.2, 0) is 16.3 Å². The largest absolute Gasteiger partial charge is 0.491 e. The standard InChI is InChI=1S/C11H16BrNO3S/c1-17(14,15)7-6-16-11-3-2-9(4-5-13)8-10(11)12/h2-3,8H,4-7,13H2,1H3. The number of hydrogen-bond acceptors (Lipinski definition) is 4. The Bertz CT molecular complexity index is 474. The molecular weight excluding hydrogens is 306 g/mol. The summed E-state index contributed by atoms with van der Waals surface area (Å²) < 4.78 is 28.1. The van der Waals surface area contributed by atoms with Crippen LogP contribution in [0.1, 0.15) is 5.56 Å². The number of ether oxygens (including phenoxy) is 1. The minimum atomic E-state index is -2.98. The van der Waals surface area contributed by atoms with Gasteiger partial charge in [-0.2, -0.15) is 0 Å². The van der Waals surface area contributed by atoms with Crippen molar-refractivity contribution in [3.05, 3.63) is 28.2 Å². The van der Waals surface area contributed by atoms with Gasteiger partial charge in [-0.05, 0) is 46.6 Å². The molecule has 0 heterocycles. The van der Waals surface area contributed by atoms with Crippen molar-refractivity contribution >= 4 is 25.8 Å². The Morgan fingerprint density at radius 2 is 2.12 bits per heavy atom. The Hall–Kier alpha value is -0.590. The van der Waals surface area contributed by atoms with Gasteiger partial charge in [0.15, 0.2) is 9.84 Å². The third-order valence-electron chi connectivity index (χ3n) is 2.14. The Labute approximate surface area is 110 Å². The molecule has 0 aromatic heterocycles. The second-order valence-corrected chi connectivity index (χ2v) is 6.90. The number of nitrogens with two attached hydrogens (primary N) is 1. The lowest BCUT2D eigenvalue weighted by Gasteiger charge is -2.09. The zero-order valence-electron chi connectivity index (χ0n) is 9.65. The molecule has 0 radical (unpaired) electrons. The number of rotatable bonds is 6. The van der Waals surface area contributed by atoms with Crippen molar-refractivity contribution in [1.29, 1.82) is 0 Å². The monoisotopic (exact) mass is 321 g/mol. The second kappa shape index (κ2) is 6.37. The van der Waals surface area contributed by atoms with Crippen LogP contribution in [0.5, 0.6) is 5.75 Å². The van der Waals surface area contributed by atoms with Crippen LogP contribution in [0.4, 0.5) is 0 Å². The molecule has 0 atom stereocenters. The fourth-order valence-electron chi connectivity index (χ4n) is 1.29. The van der Waals surface area contributed by atoms with Gasteiger partial charge in [0.25, 0.3) is 0 Å². The Kier molecular flexibility index (Phi) is 5.42. The summed E-state index contributed by atoms with van der Waals surface area (Å²) in [6.45, 7) is 0.758. The lowest BCUT2D eigenvalue weighted by atomic mass is 10.1. The zero-order chi connectivity index (χ0) is 12.9. The first-order valence-electron chi connectivity index (χ1n) is 5.21. The van der Waals surface area contributed by atoms with Gasteiger partial charge >= 0.3 is 0 Å². The molecule has 6 heteroatoms. The van der Waals surface area contributed by atoms with Gasteiger partial charge in [0.2, 0.25) is 0 Å². The van der Waals surface area contributed by atoms with Crippen LogP contribution in [0, 0.1) is 0 Å². The summed E-state index contributed by atoms with van der Waals surface area (Å²) in [5.41, 5.74) is 6.58. The normalized spacial score (nSPS) is 11.5. The molecule has 96 valence electrons. The molecule has 1 aromatic rings. The van der Waals surface area contributed by atoms with Gasteiger partial charge in [0, 0.05) is 6.26 Å². The van der Waals surface area contributed by atoms with Crippen LogP contribution in [0.2, 0.25) is 0 Å². The number of hydrogen-bond donors (Lipinski definition) is 1. The van der Waals surface area contributed by atoms with Crippen molar-refractivity contribution in [2.75, 3.05) is 25.2 Å². The topological polar surface area (TPSA) is 69.4 Å². The number of benzene rings is 1. The molecule has 0 bridgehead atoms. The van der Waals surface area contributed by atoms with Crippen LogP contribution < -0.4 is 10.5 Å². The quantitative estimate of drug-likeness (QED) is 0.859. The maximum absolute atomic E-state index is 10.9. The molecule has 17 heavy (non-hydrogen) atoms. The fourth-order valence-corrected chi connectivity index (χ4v) is 2.21. The van der Waals surface area contributed by atoms with Gasteiger partial charge in [-0.1, -0.05) is 6.07 Å². The molecule has 0 fully saturated rings. The molecule has 0 spiro atoms. The van der Waals surface area contributed by atoms with Crippen LogP contribution in [0.25, 0.3) is 0 Å². The molecule has 2 N–H and O–H groups in total. The Morgan fingerprint density at radius 3 is 2.65 bits per heavy atom. The van der Waals surface area contributed by atoms with Crippen LogP contribution in [0.3, 0.4) is 0 Å². The van der Waals surface area contributed by atoms with Crippen molar-refractivity contribution in [3.63, 3.8) is 0 Å². The van der Waals surface area contributed by atoms with Crippen molar-refractivity contribution in [3.8, 4) is 5.75 Å². The lowest BCUT2D eigenvalue weighted by molar-refractivity contribution is 0.339. The van der Waals surface area contributed by atoms with Crippen molar-refractivity contribution in [2.45, 2.75) is 6.42 Å². The van der Waals surface area contributed by atoms with E-state index in [0.29, 0.717) is 12.3 Å². The van der Waals surface area contributed by atoms with Gasteiger partial charge in [0.05, 0.1) is 10.2 Å². The molecule has 0 aliphatic carbocycles. The maximum atomic E-state index is 10.9. The third kappa shape index (κ3) is 5.52. The molecule has 4 nitrogen and oxygen atoms in total. The number of sulfone groups is 1. The summed E-state index contributed by atoms with van der Waals surface area (Å²) in [5, 5.41) is 0. The fraction of sp³-hybridized carbons (Fsp3) is 0.455. The average Bonchev–Trinajstić information content (AvgIpc) is 2.20. The zero-order valence-corrected chi connectivity index (χ0v) is 12.1. The van der Waals surface area contributed by atoms with Gasteiger partial charge in [-0.25, -0.2) is 8.42 Å². The Morgan fingerprint density at radius 1 is 1.41 bits per heavy atom. The maximum Gasteiger partial charge on any atom is 0.150 e. The smallest absolute Gasteiger partial charge is 0.150 e. The van der Waals surface area contributed by atoms with Gasteiger partial charge in [-0.15, -0.1) is 0 Å². The highest BCUT2D eigenvalue weighted by Gasteiger charge is 2.05. The van der Waals surface area contributed by atoms with Crippen LogP contribution >= 0.6 is 15.9 Å². The van der Waals surface area contributed by atoms with Crippen LogP contribution in [-0.4, -0.2) is 33.6 Å². The average molecular weight is 322 g/mol. The first kappa shape index (κ1) is 14.5. The van der Waals surface area contributed by atoms with Crippen molar-refractivity contribution in [2.24, 2.45) is 5.73 Å². The first-order chi connectivity index (χ1) is 7.92. The number of halogens is 1. The predicted molar refractivity (Wildman–Crippen MR) is 72.1 cm³/mol. The van der Waals surface area contributed by atoms with Gasteiger partial charge in [-0.3, -0.25) is 0 Å². The van der Waals surface area contributed by atoms with E-state index in [1.165, 1.54) is 6.26 Å². The van der Waals surface area contributed by atoms with Gasteiger partial charge in [0.1, 0.15) is 12.4 Å². The van der Waals surface area contributed by atoms with Gasteiger partial charge < -0.3 is 10.5 Å². The van der Waals surface area contributed by atoms with E-state index in [-0.39, 0.29) is 12.4 Å². The van der Waals surface area contributed by atoms with E-state index in [0.717, 1.165) is 16.5 Å². The van der Waals surface area contributed by atoms with E-state index in [1.807, 2.05) is 18.2 Å². The molecule has 0 saturated carbocycles. The molecule has 0 amide bonds. The van der Waals surface area contributed by atoms with E-state index in [2.05, 4.69) is 15.9 Å². The molecule has 1 rings (SSSR count). The molecule has 0 saturated heterocycles. The summed E-state index contributed by atoms with van der Waals surface area (Å²) in [7, 11) is -2.98. The SMILES string of the molecule is CS(=O)(=O)CCOc1ccc(CCN)cc1Br. The third-order valence-corrected chi connectivity index (χ3v) is 3.67. The molecular formula is C11H16BrNO3S. The minimum Gasteiger partial charge on any atom is -0.491 e. The van der Waals surface area contributed by atoms with E-state index >= 15 is 0 Å². The highest BCUT2D eigenvalue weighted by Crippen LogP contribution is 2.26. The summed E-state index contributed by atoms with van der Waals surface area (Å²) in [4.78, 5) is 0. The highest BCUT2D eigenvalue weighted by atomic mass is 79.9. The van der Waals surface area contributed by atoms with E-state index < -0.39 is 9.84 Å². The minimum absolute atomic E-state index is 0.0178. The summed E-state index contributed by atoms with van der Waals surface area (Å²) in [6, 6.07) is 5.67. The predicted octanol–water partition coefficient (Wildman–Crippen LogP) is 1.37. The highest BCUT2D eigenvalue weighted by molar-refractivity contribution is 9.10. The molecule has 1 aromatic carbocycles. The Balaban J connectivity index is 2.60. The van der Waals surface area contributed by atoms with Crippen molar-refractivity contribution < 1.29 is 13.2 Å².